The van der Waals surface area contributed by atoms with Gasteiger partial charge in [-0.1, -0.05) is 50.4 Å². The topological polar surface area (TPSA) is 114 Å². The summed E-state index contributed by atoms with van der Waals surface area (Å²) in [4.78, 5) is 42.2. The van der Waals surface area contributed by atoms with Crippen LogP contribution >= 0.6 is 11.6 Å². The fourth-order valence-corrected chi connectivity index (χ4v) is 3.76. The first-order valence-corrected chi connectivity index (χ1v) is 10.8. The number of amides is 1. The third kappa shape index (κ3) is 4.25. The van der Waals surface area contributed by atoms with E-state index in [4.69, 9.17) is 21.8 Å². The van der Waals surface area contributed by atoms with Gasteiger partial charge in [0.15, 0.2) is 17.0 Å². The predicted octanol–water partition coefficient (Wildman–Crippen LogP) is 4.07. The molecule has 2 aromatic heterocycles. The number of carbonyl (C=O) groups is 1. The van der Waals surface area contributed by atoms with E-state index in [1.165, 1.54) is 9.47 Å². The molecule has 0 unspecified atom stereocenters. The van der Waals surface area contributed by atoms with Gasteiger partial charge in [0, 0.05) is 24.0 Å². The molecule has 0 aliphatic heterocycles. The Bertz CT molecular complexity index is 1220. The molecule has 8 nitrogen and oxygen atoms in total. The fraction of sp³-hybridized carbons (Fsp3) is 0.409. The number of nitrogen functional groups attached to an aromatic ring is 1. The molecule has 0 radical (unpaired) electrons. The number of nitrogens with one attached hydrogen (secondary N) is 1. The molecule has 0 aliphatic carbocycles. The minimum atomic E-state index is -0.702. The number of anilines is 2. The van der Waals surface area contributed by atoms with Gasteiger partial charge in [-0.2, -0.15) is 0 Å². The van der Waals surface area contributed by atoms with Gasteiger partial charge in [-0.15, -0.1) is 0 Å². The lowest BCUT2D eigenvalue weighted by Crippen LogP contribution is -2.41. The molecule has 0 fully saturated rings. The van der Waals surface area contributed by atoms with Crippen LogP contribution in [0.4, 0.5) is 11.5 Å². The molecule has 31 heavy (non-hydrogen) atoms. The van der Waals surface area contributed by atoms with Crippen molar-refractivity contribution in [2.24, 2.45) is 0 Å². The number of fused-ring (bicyclic) bond motifs is 1. The Balaban J connectivity index is 2.17. The number of para-hydroxylation sites is 1. The lowest BCUT2D eigenvalue weighted by atomic mass is 10.1. The maximum absolute atomic E-state index is 13.6. The summed E-state index contributed by atoms with van der Waals surface area (Å²) in [5, 5.41) is 1.12. The van der Waals surface area contributed by atoms with E-state index in [1.54, 1.807) is 19.1 Å². The van der Waals surface area contributed by atoms with Crippen molar-refractivity contribution >= 4 is 40.0 Å². The highest BCUT2D eigenvalue weighted by atomic mass is 35.5. The van der Waals surface area contributed by atoms with Crippen molar-refractivity contribution in [1.29, 1.82) is 0 Å². The van der Waals surface area contributed by atoms with Gasteiger partial charge >= 0.3 is 5.69 Å². The van der Waals surface area contributed by atoms with Crippen LogP contribution in [0.1, 0.15) is 55.6 Å². The summed E-state index contributed by atoms with van der Waals surface area (Å²) < 4.78 is 7.13. The highest BCUT2D eigenvalue weighted by Gasteiger charge is 2.29. The van der Waals surface area contributed by atoms with Crippen molar-refractivity contribution < 1.29 is 9.21 Å². The van der Waals surface area contributed by atoms with Gasteiger partial charge in [0.2, 0.25) is 0 Å². The molecule has 3 N–H and O–H groups in total. The van der Waals surface area contributed by atoms with E-state index in [0.29, 0.717) is 35.6 Å². The molecule has 9 heteroatoms. The van der Waals surface area contributed by atoms with Crippen molar-refractivity contribution in [1.82, 2.24) is 9.55 Å². The number of hydrogen-bond donors (Lipinski definition) is 2. The maximum Gasteiger partial charge on any atom is 0.330 e. The Morgan fingerprint density at radius 1 is 1.23 bits per heavy atom. The van der Waals surface area contributed by atoms with Gasteiger partial charge in [-0.25, -0.2) is 4.79 Å². The second-order valence-corrected chi connectivity index (χ2v) is 7.89. The molecule has 1 amide bonds. The van der Waals surface area contributed by atoms with Gasteiger partial charge in [-0.3, -0.25) is 24.0 Å². The normalized spacial score (nSPS) is 11.2. The average molecular weight is 447 g/mol. The molecule has 0 atom stereocenters. The number of aromatic amines is 1. The third-order valence-electron chi connectivity index (χ3n) is 5.31. The fourth-order valence-electron chi connectivity index (χ4n) is 3.54. The van der Waals surface area contributed by atoms with E-state index in [9.17, 15) is 14.4 Å². The molecular weight excluding hydrogens is 420 g/mol. The van der Waals surface area contributed by atoms with Crippen LogP contribution in [0.2, 0.25) is 5.02 Å². The van der Waals surface area contributed by atoms with Gasteiger partial charge in [0.1, 0.15) is 5.82 Å². The lowest BCUT2D eigenvalue weighted by Gasteiger charge is -2.24. The molecule has 166 valence electrons. The molecule has 2 heterocycles. The highest BCUT2D eigenvalue weighted by molar-refractivity contribution is 6.35. The summed E-state index contributed by atoms with van der Waals surface area (Å²) in [6.45, 7) is 6.33. The number of hydrogen-bond acceptors (Lipinski definition) is 5. The Kier molecular flexibility index (Phi) is 6.90. The lowest BCUT2D eigenvalue weighted by molar-refractivity contribution is 0.0961. The zero-order chi connectivity index (χ0) is 22.7. The van der Waals surface area contributed by atoms with E-state index >= 15 is 0 Å². The maximum atomic E-state index is 13.6. The number of H-pyrrole nitrogens is 1. The summed E-state index contributed by atoms with van der Waals surface area (Å²) in [6, 6.07) is 5.28. The van der Waals surface area contributed by atoms with E-state index in [-0.39, 0.29) is 23.8 Å². The first-order valence-electron chi connectivity index (χ1n) is 10.4. The van der Waals surface area contributed by atoms with E-state index < -0.39 is 17.2 Å². The number of halogens is 1. The molecule has 0 saturated heterocycles. The zero-order valence-electron chi connectivity index (χ0n) is 18.0. The highest BCUT2D eigenvalue weighted by Crippen LogP contribution is 2.32. The minimum absolute atomic E-state index is 0.0292. The number of furan rings is 1. The van der Waals surface area contributed by atoms with Crippen molar-refractivity contribution in [2.45, 2.75) is 53.0 Å². The standard InChI is InChI=1S/C22H27ClN4O4/c1-4-6-11-26(16-19(24)27(12-7-5-2)22(30)25-20(16)28)21(29)17-13(3)14-9-8-10-15(23)18(14)31-17/h8-10H,4-7,11-12,24H2,1-3H3,(H,25,28,30). The van der Waals surface area contributed by atoms with Crippen molar-refractivity contribution in [3.05, 3.63) is 55.4 Å². The Morgan fingerprint density at radius 2 is 1.94 bits per heavy atom. The van der Waals surface area contributed by atoms with Gasteiger partial charge in [-0.05, 0) is 25.8 Å². The molecule has 3 aromatic rings. The van der Waals surface area contributed by atoms with Crippen LogP contribution in [0.5, 0.6) is 0 Å². The summed E-state index contributed by atoms with van der Waals surface area (Å²) in [5.41, 5.74) is 5.95. The Hall–Kier alpha value is -3.00. The van der Waals surface area contributed by atoms with Crippen LogP contribution in [0.15, 0.2) is 32.2 Å². The Labute approximate surface area is 184 Å². The molecule has 0 saturated carbocycles. The van der Waals surface area contributed by atoms with Crippen LogP contribution in [0.25, 0.3) is 11.0 Å². The van der Waals surface area contributed by atoms with Crippen LogP contribution < -0.4 is 21.9 Å². The van der Waals surface area contributed by atoms with Crippen LogP contribution in [-0.4, -0.2) is 22.0 Å². The predicted molar refractivity (Wildman–Crippen MR) is 123 cm³/mol. The van der Waals surface area contributed by atoms with Crippen LogP contribution in [0.3, 0.4) is 0 Å². The largest absolute Gasteiger partial charge is 0.449 e. The SMILES string of the molecule is CCCCN(C(=O)c1oc2c(Cl)cccc2c1C)c1c(N)n(CCCC)c(=O)[nH]c1=O. The number of aryl methyl sites for hydroxylation is 1. The monoisotopic (exact) mass is 446 g/mol. The van der Waals surface area contributed by atoms with E-state index in [0.717, 1.165) is 18.2 Å². The smallest absolute Gasteiger partial charge is 0.330 e. The summed E-state index contributed by atoms with van der Waals surface area (Å²) in [7, 11) is 0. The molecular formula is C22H27ClN4O4. The molecule has 0 spiro atoms. The van der Waals surface area contributed by atoms with Crippen molar-refractivity contribution in [3.8, 4) is 0 Å². The molecule has 0 aliphatic rings. The average Bonchev–Trinajstić information content (AvgIpc) is 3.07. The summed E-state index contributed by atoms with van der Waals surface area (Å²) >= 11 is 6.23. The minimum Gasteiger partial charge on any atom is -0.449 e. The van der Waals surface area contributed by atoms with Gasteiger partial charge in [0.25, 0.3) is 11.5 Å². The van der Waals surface area contributed by atoms with Crippen LogP contribution in [-0.2, 0) is 6.54 Å². The van der Waals surface area contributed by atoms with Gasteiger partial charge in [0.05, 0.1) is 5.02 Å². The number of carbonyl (C=O) groups excluding carboxylic acids is 1. The van der Waals surface area contributed by atoms with Crippen molar-refractivity contribution in [3.63, 3.8) is 0 Å². The van der Waals surface area contributed by atoms with Gasteiger partial charge < -0.3 is 10.2 Å². The molecule has 0 bridgehead atoms. The number of aromatic nitrogens is 2. The number of nitrogens with two attached hydrogens (primary N) is 1. The summed E-state index contributed by atoms with van der Waals surface area (Å²) in [6.07, 6.45) is 2.98. The second-order valence-electron chi connectivity index (χ2n) is 7.48. The molecule has 1 aromatic carbocycles. The Morgan fingerprint density at radius 3 is 2.58 bits per heavy atom. The van der Waals surface area contributed by atoms with Crippen molar-refractivity contribution in [2.75, 3.05) is 17.2 Å². The van der Waals surface area contributed by atoms with E-state index in [1.807, 2.05) is 19.9 Å². The number of rotatable bonds is 8. The van der Waals surface area contributed by atoms with Crippen LogP contribution in [0, 0.1) is 6.92 Å². The number of benzene rings is 1. The first kappa shape index (κ1) is 22.7. The first-order chi connectivity index (χ1) is 14.8. The number of unbranched alkanes of at least 4 members (excludes halogenated alkanes) is 2. The molecule has 3 rings (SSSR count). The second kappa shape index (κ2) is 9.43. The third-order valence-corrected chi connectivity index (χ3v) is 5.61. The summed E-state index contributed by atoms with van der Waals surface area (Å²) in [5.74, 6) is -0.445. The van der Waals surface area contributed by atoms with E-state index in [2.05, 4.69) is 4.98 Å². The quantitative estimate of drug-likeness (QED) is 0.541. The number of nitrogens with zero attached hydrogens (tertiary/aromatic N) is 2. The zero-order valence-corrected chi connectivity index (χ0v) is 18.7.